The van der Waals surface area contributed by atoms with Crippen LogP contribution in [0, 0.1) is 11.8 Å². The van der Waals surface area contributed by atoms with Crippen molar-refractivity contribution in [2.45, 2.75) is 12.8 Å². The molecule has 0 aliphatic heterocycles. The SMILES string of the molecule is COc1ccc(OC)c(NC(=O)[C@@H]2CC=CC[C@H]2C(=O)[O-])c1. The first-order valence-electron chi connectivity index (χ1n) is 6.95. The highest BCUT2D eigenvalue weighted by Gasteiger charge is 2.30. The molecule has 1 aromatic rings. The van der Waals surface area contributed by atoms with Crippen LogP contribution in [0.15, 0.2) is 30.4 Å². The molecular formula is C16H18NO5-. The van der Waals surface area contributed by atoms with Crippen LogP contribution in [0.2, 0.25) is 0 Å². The smallest absolute Gasteiger partial charge is 0.228 e. The number of hydrogen-bond donors (Lipinski definition) is 1. The lowest BCUT2D eigenvalue weighted by molar-refractivity contribution is -0.313. The Morgan fingerprint density at radius 1 is 1.14 bits per heavy atom. The van der Waals surface area contributed by atoms with Crippen LogP contribution in [0.4, 0.5) is 5.69 Å². The molecule has 6 heteroatoms. The molecule has 0 bridgehead atoms. The van der Waals surface area contributed by atoms with Gasteiger partial charge < -0.3 is 24.7 Å². The number of allylic oxidation sites excluding steroid dienone is 2. The van der Waals surface area contributed by atoms with Crippen LogP contribution >= 0.6 is 0 Å². The largest absolute Gasteiger partial charge is 0.550 e. The fourth-order valence-corrected chi connectivity index (χ4v) is 2.50. The van der Waals surface area contributed by atoms with Crippen LogP contribution in [0.5, 0.6) is 11.5 Å². The number of hydrogen-bond acceptors (Lipinski definition) is 5. The fraction of sp³-hybridized carbons (Fsp3) is 0.375. The van der Waals surface area contributed by atoms with E-state index in [4.69, 9.17) is 9.47 Å². The highest BCUT2D eigenvalue weighted by atomic mass is 16.5. The van der Waals surface area contributed by atoms with E-state index in [1.807, 2.05) is 6.08 Å². The minimum atomic E-state index is -1.21. The number of anilines is 1. The van der Waals surface area contributed by atoms with E-state index in [0.29, 0.717) is 30.0 Å². The minimum absolute atomic E-state index is 0.301. The summed E-state index contributed by atoms with van der Waals surface area (Å²) in [6.07, 6.45) is 4.25. The average Bonchev–Trinajstić information content (AvgIpc) is 2.54. The molecule has 0 radical (unpaired) electrons. The van der Waals surface area contributed by atoms with Gasteiger partial charge in [-0.05, 0) is 25.0 Å². The highest BCUT2D eigenvalue weighted by Crippen LogP contribution is 2.31. The molecule has 1 aliphatic carbocycles. The Morgan fingerprint density at radius 2 is 1.82 bits per heavy atom. The van der Waals surface area contributed by atoms with E-state index in [0.717, 1.165) is 0 Å². The van der Waals surface area contributed by atoms with Gasteiger partial charge in [0.25, 0.3) is 0 Å². The maximum Gasteiger partial charge on any atom is 0.228 e. The Morgan fingerprint density at radius 3 is 2.41 bits per heavy atom. The van der Waals surface area contributed by atoms with E-state index in [9.17, 15) is 14.7 Å². The van der Waals surface area contributed by atoms with Crippen molar-refractivity contribution in [2.24, 2.45) is 11.8 Å². The number of aliphatic carboxylic acids is 1. The van der Waals surface area contributed by atoms with E-state index in [2.05, 4.69) is 5.32 Å². The minimum Gasteiger partial charge on any atom is -0.550 e. The predicted octanol–water partition coefficient (Wildman–Crippen LogP) is 0.975. The zero-order valence-electron chi connectivity index (χ0n) is 12.5. The Kier molecular flexibility index (Phi) is 5.04. The first kappa shape index (κ1) is 15.9. The number of carboxylic acid groups (broad SMARTS) is 1. The van der Waals surface area contributed by atoms with Crippen molar-refractivity contribution in [3.63, 3.8) is 0 Å². The molecule has 1 amide bonds. The van der Waals surface area contributed by atoms with E-state index in [-0.39, 0.29) is 5.91 Å². The molecule has 1 aromatic carbocycles. The highest BCUT2D eigenvalue weighted by molar-refractivity contribution is 5.96. The monoisotopic (exact) mass is 304 g/mol. The van der Waals surface area contributed by atoms with Gasteiger partial charge in [-0.25, -0.2) is 0 Å². The van der Waals surface area contributed by atoms with E-state index in [1.54, 1.807) is 24.3 Å². The number of rotatable bonds is 5. The number of carbonyl (C=O) groups is 2. The van der Waals surface area contributed by atoms with Gasteiger partial charge in [0.2, 0.25) is 5.91 Å². The number of nitrogens with one attached hydrogen (secondary N) is 1. The summed E-state index contributed by atoms with van der Waals surface area (Å²) >= 11 is 0. The van der Waals surface area contributed by atoms with Gasteiger partial charge in [0, 0.05) is 18.0 Å². The Labute approximate surface area is 128 Å². The van der Waals surface area contributed by atoms with E-state index in [1.165, 1.54) is 14.2 Å². The molecule has 0 heterocycles. The third kappa shape index (κ3) is 3.39. The quantitative estimate of drug-likeness (QED) is 0.819. The van der Waals surface area contributed by atoms with Crippen molar-refractivity contribution in [3.05, 3.63) is 30.4 Å². The third-order valence-electron chi connectivity index (χ3n) is 3.74. The van der Waals surface area contributed by atoms with Crippen molar-refractivity contribution < 1.29 is 24.2 Å². The van der Waals surface area contributed by atoms with Gasteiger partial charge in [-0.3, -0.25) is 4.79 Å². The summed E-state index contributed by atoms with van der Waals surface area (Å²) in [6.45, 7) is 0. The molecule has 1 N–H and O–H groups in total. The zero-order valence-corrected chi connectivity index (χ0v) is 12.5. The fourth-order valence-electron chi connectivity index (χ4n) is 2.50. The average molecular weight is 304 g/mol. The second kappa shape index (κ2) is 6.98. The molecule has 0 unspecified atom stereocenters. The van der Waals surface area contributed by atoms with Crippen LogP contribution in [0.25, 0.3) is 0 Å². The second-order valence-corrected chi connectivity index (χ2v) is 5.03. The third-order valence-corrected chi connectivity index (χ3v) is 3.74. The Bertz CT molecular complexity index is 596. The van der Waals surface area contributed by atoms with Gasteiger partial charge in [-0.15, -0.1) is 0 Å². The van der Waals surface area contributed by atoms with E-state index >= 15 is 0 Å². The van der Waals surface area contributed by atoms with Crippen LogP contribution in [0.1, 0.15) is 12.8 Å². The number of methoxy groups -OCH3 is 2. The number of carbonyl (C=O) groups excluding carboxylic acids is 2. The summed E-state index contributed by atoms with van der Waals surface area (Å²) in [5.41, 5.74) is 0.443. The van der Waals surface area contributed by atoms with Crippen molar-refractivity contribution in [1.29, 1.82) is 0 Å². The van der Waals surface area contributed by atoms with Gasteiger partial charge in [-0.1, -0.05) is 12.2 Å². The van der Waals surface area contributed by atoms with Crippen LogP contribution in [-0.4, -0.2) is 26.1 Å². The first-order valence-corrected chi connectivity index (χ1v) is 6.95. The molecule has 22 heavy (non-hydrogen) atoms. The lowest BCUT2D eigenvalue weighted by Crippen LogP contribution is -2.41. The summed E-state index contributed by atoms with van der Waals surface area (Å²) in [7, 11) is 3.01. The first-order chi connectivity index (χ1) is 10.6. The van der Waals surface area contributed by atoms with Crippen molar-refractivity contribution in [1.82, 2.24) is 0 Å². The van der Waals surface area contributed by atoms with Gasteiger partial charge in [0.15, 0.2) is 0 Å². The maximum atomic E-state index is 12.4. The van der Waals surface area contributed by atoms with Gasteiger partial charge >= 0.3 is 0 Å². The number of benzene rings is 1. The topological polar surface area (TPSA) is 87.7 Å². The normalized spacial score (nSPS) is 20.3. The molecular weight excluding hydrogens is 286 g/mol. The molecule has 1 aliphatic rings. The molecule has 0 saturated carbocycles. The molecule has 0 spiro atoms. The van der Waals surface area contributed by atoms with Crippen molar-refractivity contribution >= 4 is 17.6 Å². The van der Waals surface area contributed by atoms with Gasteiger partial charge in [-0.2, -0.15) is 0 Å². The predicted molar refractivity (Wildman–Crippen MR) is 78.5 cm³/mol. The van der Waals surface area contributed by atoms with Gasteiger partial charge in [0.1, 0.15) is 11.5 Å². The molecule has 2 atom stereocenters. The van der Waals surface area contributed by atoms with Gasteiger partial charge in [0.05, 0.1) is 25.8 Å². The lowest BCUT2D eigenvalue weighted by Gasteiger charge is -2.28. The van der Waals surface area contributed by atoms with Crippen LogP contribution in [0.3, 0.4) is 0 Å². The van der Waals surface area contributed by atoms with Crippen molar-refractivity contribution in [2.75, 3.05) is 19.5 Å². The molecule has 6 nitrogen and oxygen atoms in total. The number of ether oxygens (including phenoxy) is 2. The van der Waals surface area contributed by atoms with Crippen LogP contribution in [-0.2, 0) is 9.59 Å². The van der Waals surface area contributed by atoms with Crippen LogP contribution < -0.4 is 19.9 Å². The Hall–Kier alpha value is -2.50. The maximum absolute atomic E-state index is 12.4. The lowest BCUT2D eigenvalue weighted by atomic mass is 9.82. The standard InChI is InChI=1S/C16H19NO5/c1-21-10-7-8-14(22-2)13(9-10)17-15(18)11-5-3-4-6-12(11)16(19)20/h3-4,7-9,11-12H,5-6H2,1-2H3,(H,17,18)(H,19,20)/p-1/t11-,12-/m1/s1. The summed E-state index contributed by atoms with van der Waals surface area (Å²) in [6, 6.07) is 5.01. The Balaban J connectivity index is 2.20. The molecule has 2 rings (SSSR count). The van der Waals surface area contributed by atoms with E-state index < -0.39 is 17.8 Å². The summed E-state index contributed by atoms with van der Waals surface area (Å²) in [5, 5.41) is 13.9. The second-order valence-electron chi connectivity index (χ2n) is 5.03. The zero-order chi connectivity index (χ0) is 16.1. The number of carboxylic acids is 1. The molecule has 0 fully saturated rings. The molecule has 0 aromatic heterocycles. The van der Waals surface area contributed by atoms with Crippen molar-refractivity contribution in [3.8, 4) is 11.5 Å². The number of amides is 1. The molecule has 0 saturated heterocycles. The summed E-state index contributed by atoms with van der Waals surface area (Å²) in [5.74, 6) is -2.01. The summed E-state index contributed by atoms with van der Waals surface area (Å²) < 4.78 is 10.3. The molecule has 118 valence electrons. The summed E-state index contributed by atoms with van der Waals surface area (Å²) in [4.78, 5) is 23.6.